The van der Waals surface area contributed by atoms with Crippen LogP contribution in [-0.2, 0) is 4.74 Å². The highest BCUT2D eigenvalue weighted by Crippen LogP contribution is 2.25. The number of hydrogen-bond donors (Lipinski definition) is 2. The fourth-order valence-corrected chi connectivity index (χ4v) is 1.79. The fraction of sp³-hybridized carbons (Fsp3) is 0.400. The van der Waals surface area contributed by atoms with Crippen LogP contribution in [-0.4, -0.2) is 19.8 Å². The van der Waals surface area contributed by atoms with Crippen LogP contribution < -0.4 is 11.1 Å². The lowest BCUT2D eigenvalue weighted by atomic mass is 10.0. The Morgan fingerprint density at radius 1 is 1.50 bits per heavy atom. The van der Waals surface area contributed by atoms with E-state index in [1.165, 1.54) is 0 Å². The van der Waals surface area contributed by atoms with Crippen LogP contribution in [0, 0.1) is 0 Å². The molecule has 0 amide bonds. The number of nitrogens with two attached hydrogens (primary N) is 1. The van der Waals surface area contributed by atoms with Gasteiger partial charge in [-0.1, -0.05) is 11.6 Å². The van der Waals surface area contributed by atoms with E-state index in [1.807, 2.05) is 12.1 Å². The molecule has 1 fully saturated rings. The second-order valence-corrected chi connectivity index (χ2v) is 3.79. The third-order valence-corrected chi connectivity index (χ3v) is 2.58. The molecule has 0 bridgehead atoms. The van der Waals surface area contributed by atoms with Crippen molar-refractivity contribution in [1.29, 1.82) is 0 Å². The van der Waals surface area contributed by atoms with Gasteiger partial charge in [-0.25, -0.2) is 0 Å². The molecule has 0 aromatic heterocycles. The van der Waals surface area contributed by atoms with Crippen LogP contribution in [0.5, 0.6) is 0 Å². The molecule has 1 aliphatic heterocycles. The molecule has 1 aromatic carbocycles. The minimum atomic E-state index is 0.169. The normalized spacial score (nSPS) is 22.2. The van der Waals surface area contributed by atoms with Gasteiger partial charge in [-0.15, -0.1) is 0 Å². The van der Waals surface area contributed by atoms with Crippen molar-refractivity contribution in [1.82, 2.24) is 5.32 Å². The Bertz CT molecular complexity index is 324. The maximum Gasteiger partial charge on any atom is 0.0662 e. The largest absolute Gasteiger partial charge is 0.398 e. The maximum absolute atomic E-state index is 5.91. The number of nitrogen functional groups attached to an aromatic ring is 1. The van der Waals surface area contributed by atoms with Crippen molar-refractivity contribution in [2.75, 3.05) is 25.5 Å². The summed E-state index contributed by atoms with van der Waals surface area (Å²) in [5.41, 5.74) is 7.65. The first kappa shape index (κ1) is 9.77. The molecule has 1 heterocycles. The first-order valence-corrected chi connectivity index (χ1v) is 5.01. The van der Waals surface area contributed by atoms with E-state index in [4.69, 9.17) is 22.1 Å². The van der Waals surface area contributed by atoms with Gasteiger partial charge in [0.2, 0.25) is 0 Å². The Morgan fingerprint density at radius 3 is 3.07 bits per heavy atom. The monoisotopic (exact) mass is 212 g/mol. The van der Waals surface area contributed by atoms with E-state index in [0.717, 1.165) is 24.4 Å². The number of anilines is 1. The van der Waals surface area contributed by atoms with Crippen LogP contribution in [0.15, 0.2) is 18.2 Å². The number of nitrogens with one attached hydrogen (secondary N) is 1. The van der Waals surface area contributed by atoms with Gasteiger partial charge in [-0.3, -0.25) is 0 Å². The summed E-state index contributed by atoms with van der Waals surface area (Å²) in [4.78, 5) is 0. The topological polar surface area (TPSA) is 47.3 Å². The molecule has 4 heteroatoms. The first-order chi connectivity index (χ1) is 6.77. The Labute approximate surface area is 88.2 Å². The lowest BCUT2D eigenvalue weighted by Gasteiger charge is -2.25. The summed E-state index contributed by atoms with van der Waals surface area (Å²) in [5, 5.41) is 4.05. The highest BCUT2D eigenvalue weighted by Gasteiger charge is 2.17. The molecule has 2 rings (SSSR count). The number of rotatable bonds is 1. The molecule has 1 saturated heterocycles. The van der Waals surface area contributed by atoms with E-state index in [-0.39, 0.29) is 6.04 Å². The van der Waals surface area contributed by atoms with Gasteiger partial charge in [0.15, 0.2) is 0 Å². The van der Waals surface area contributed by atoms with Crippen LogP contribution in [0.4, 0.5) is 5.69 Å². The van der Waals surface area contributed by atoms with E-state index in [1.54, 1.807) is 6.07 Å². The molecule has 3 nitrogen and oxygen atoms in total. The number of morpholine rings is 1. The Hall–Kier alpha value is -0.770. The van der Waals surface area contributed by atoms with Crippen LogP contribution in [0.25, 0.3) is 0 Å². The molecule has 14 heavy (non-hydrogen) atoms. The average molecular weight is 213 g/mol. The molecule has 0 spiro atoms. The third-order valence-electron chi connectivity index (χ3n) is 2.35. The predicted molar refractivity (Wildman–Crippen MR) is 57.4 cm³/mol. The quantitative estimate of drug-likeness (QED) is 0.695. The van der Waals surface area contributed by atoms with E-state index >= 15 is 0 Å². The molecular formula is C10H13ClN2O. The van der Waals surface area contributed by atoms with E-state index in [0.29, 0.717) is 11.6 Å². The Morgan fingerprint density at radius 2 is 2.36 bits per heavy atom. The zero-order valence-corrected chi connectivity index (χ0v) is 8.55. The highest BCUT2D eigenvalue weighted by atomic mass is 35.5. The SMILES string of the molecule is Nc1ccc(Cl)cc1C1COCCN1. The lowest BCUT2D eigenvalue weighted by molar-refractivity contribution is 0.0771. The van der Waals surface area contributed by atoms with Gasteiger partial charge in [-0.2, -0.15) is 0 Å². The molecule has 0 saturated carbocycles. The molecule has 3 N–H and O–H groups in total. The van der Waals surface area contributed by atoms with Gasteiger partial charge in [0.05, 0.1) is 19.3 Å². The van der Waals surface area contributed by atoms with Crippen molar-refractivity contribution >= 4 is 17.3 Å². The van der Waals surface area contributed by atoms with Gasteiger partial charge in [0.1, 0.15) is 0 Å². The summed E-state index contributed by atoms with van der Waals surface area (Å²) in [6, 6.07) is 5.68. The number of halogens is 1. The molecule has 1 aliphatic rings. The molecule has 0 aliphatic carbocycles. The Balaban J connectivity index is 2.24. The van der Waals surface area contributed by atoms with Crippen LogP contribution in [0.3, 0.4) is 0 Å². The summed E-state index contributed by atoms with van der Waals surface area (Å²) in [7, 11) is 0. The minimum Gasteiger partial charge on any atom is -0.398 e. The first-order valence-electron chi connectivity index (χ1n) is 4.63. The van der Waals surface area contributed by atoms with Gasteiger partial charge < -0.3 is 15.8 Å². The van der Waals surface area contributed by atoms with Gasteiger partial charge >= 0.3 is 0 Å². The Kier molecular flexibility index (Phi) is 2.91. The zero-order valence-electron chi connectivity index (χ0n) is 7.79. The standard InChI is InChI=1S/C10H13ClN2O/c11-7-1-2-9(12)8(5-7)10-6-14-4-3-13-10/h1-2,5,10,13H,3-4,6,12H2. The van der Waals surface area contributed by atoms with Crippen molar-refractivity contribution in [3.05, 3.63) is 28.8 Å². The van der Waals surface area contributed by atoms with E-state index in [9.17, 15) is 0 Å². The molecule has 1 aromatic rings. The van der Waals surface area contributed by atoms with Crippen LogP contribution in [0.1, 0.15) is 11.6 Å². The molecule has 0 radical (unpaired) electrons. The highest BCUT2D eigenvalue weighted by molar-refractivity contribution is 6.30. The summed E-state index contributed by atoms with van der Waals surface area (Å²) < 4.78 is 5.37. The van der Waals surface area contributed by atoms with Gasteiger partial charge in [-0.05, 0) is 23.8 Å². The number of benzene rings is 1. The summed E-state index contributed by atoms with van der Waals surface area (Å²) in [6.07, 6.45) is 0. The van der Waals surface area contributed by atoms with Crippen LogP contribution >= 0.6 is 11.6 Å². The summed E-state index contributed by atoms with van der Waals surface area (Å²) in [6.45, 7) is 2.28. The van der Waals surface area contributed by atoms with Crippen molar-refractivity contribution in [2.24, 2.45) is 0 Å². The summed E-state index contributed by atoms with van der Waals surface area (Å²) >= 11 is 5.91. The van der Waals surface area contributed by atoms with Crippen molar-refractivity contribution in [3.8, 4) is 0 Å². The molecule has 1 atom stereocenters. The predicted octanol–water partition coefficient (Wildman–Crippen LogP) is 1.58. The van der Waals surface area contributed by atoms with Crippen molar-refractivity contribution in [2.45, 2.75) is 6.04 Å². The van der Waals surface area contributed by atoms with Gasteiger partial charge in [0.25, 0.3) is 0 Å². The fourth-order valence-electron chi connectivity index (χ4n) is 1.61. The average Bonchev–Trinajstić information content (AvgIpc) is 2.23. The smallest absolute Gasteiger partial charge is 0.0662 e. The van der Waals surface area contributed by atoms with Crippen molar-refractivity contribution in [3.63, 3.8) is 0 Å². The second-order valence-electron chi connectivity index (χ2n) is 3.35. The zero-order chi connectivity index (χ0) is 9.97. The molecule has 1 unspecified atom stereocenters. The van der Waals surface area contributed by atoms with E-state index in [2.05, 4.69) is 5.32 Å². The lowest BCUT2D eigenvalue weighted by Crippen LogP contribution is -2.34. The van der Waals surface area contributed by atoms with Crippen molar-refractivity contribution < 1.29 is 4.74 Å². The second kappa shape index (κ2) is 4.17. The number of hydrogen-bond acceptors (Lipinski definition) is 3. The maximum atomic E-state index is 5.91. The minimum absolute atomic E-state index is 0.169. The van der Waals surface area contributed by atoms with Crippen LogP contribution in [0.2, 0.25) is 5.02 Å². The molecule has 76 valence electrons. The van der Waals surface area contributed by atoms with Gasteiger partial charge in [0, 0.05) is 17.3 Å². The summed E-state index contributed by atoms with van der Waals surface area (Å²) in [5.74, 6) is 0. The van der Waals surface area contributed by atoms with E-state index < -0.39 is 0 Å². The third kappa shape index (κ3) is 2.00. The number of ether oxygens (including phenoxy) is 1. The molecular weight excluding hydrogens is 200 g/mol.